The first kappa shape index (κ1) is 27.1. The van der Waals surface area contributed by atoms with Gasteiger partial charge in [-0.2, -0.15) is 18.3 Å². The molecule has 7 nitrogen and oxygen atoms in total. The highest BCUT2D eigenvalue weighted by atomic mass is 79.9. The van der Waals surface area contributed by atoms with Gasteiger partial charge >= 0.3 is 6.18 Å². The molecule has 4 aromatic rings. The molecule has 0 fully saturated rings. The van der Waals surface area contributed by atoms with Crippen LogP contribution in [0.4, 0.5) is 18.9 Å². The van der Waals surface area contributed by atoms with Gasteiger partial charge < -0.3 is 10.6 Å². The fourth-order valence-electron chi connectivity index (χ4n) is 3.53. The molecule has 4 rings (SSSR count). The standard InChI is InChI=1S/C24H17Br2ClF3N5O2/c1-11(2)32-22(36)15-9-12-8-13(25)5-6-14(12)19(26)20(15)33-23(37)17-10-18(24(28,29)30)34-35(17)21-16(27)4-3-7-31-21/h3-11H,1-2H3,(H,32,36)(H,33,37). The average Bonchev–Trinajstić information content (AvgIpc) is 3.26. The molecule has 2 heterocycles. The number of nitrogens with zero attached hydrogens (tertiary/aromatic N) is 3. The normalized spacial score (nSPS) is 11.7. The second-order valence-electron chi connectivity index (χ2n) is 8.19. The summed E-state index contributed by atoms with van der Waals surface area (Å²) in [6.45, 7) is 3.55. The smallest absolute Gasteiger partial charge is 0.350 e. The van der Waals surface area contributed by atoms with E-state index < -0.39 is 29.4 Å². The molecule has 2 aromatic heterocycles. The third kappa shape index (κ3) is 5.65. The van der Waals surface area contributed by atoms with Gasteiger partial charge in [0.25, 0.3) is 11.8 Å². The van der Waals surface area contributed by atoms with E-state index in [1.54, 1.807) is 38.1 Å². The Bertz CT molecular complexity index is 1540. The lowest BCUT2D eigenvalue weighted by atomic mass is 10.0. The van der Waals surface area contributed by atoms with Crippen LogP contribution >= 0.6 is 43.5 Å². The summed E-state index contributed by atoms with van der Waals surface area (Å²) in [5.74, 6) is -1.60. The Labute approximate surface area is 230 Å². The summed E-state index contributed by atoms with van der Waals surface area (Å²) >= 11 is 13.0. The first-order valence-corrected chi connectivity index (χ1v) is 12.7. The molecule has 0 aliphatic rings. The quantitative estimate of drug-likeness (QED) is 0.241. The molecule has 0 bridgehead atoms. The lowest BCUT2D eigenvalue weighted by Crippen LogP contribution is -2.31. The minimum Gasteiger partial charge on any atom is -0.350 e. The second kappa shape index (κ2) is 10.4. The zero-order valence-corrected chi connectivity index (χ0v) is 23.0. The van der Waals surface area contributed by atoms with Crippen molar-refractivity contribution in [3.8, 4) is 5.82 Å². The summed E-state index contributed by atoms with van der Waals surface area (Å²) in [7, 11) is 0. The van der Waals surface area contributed by atoms with Crippen molar-refractivity contribution in [1.82, 2.24) is 20.1 Å². The highest BCUT2D eigenvalue weighted by Crippen LogP contribution is 2.37. The van der Waals surface area contributed by atoms with Gasteiger partial charge in [0.05, 0.1) is 16.3 Å². The molecule has 0 aliphatic heterocycles. The Kier molecular flexibility index (Phi) is 7.63. The van der Waals surface area contributed by atoms with E-state index in [4.69, 9.17) is 11.6 Å². The molecule has 2 amide bonds. The molecule has 0 saturated carbocycles. The van der Waals surface area contributed by atoms with E-state index in [-0.39, 0.29) is 28.1 Å². The van der Waals surface area contributed by atoms with Crippen LogP contribution < -0.4 is 10.6 Å². The molecule has 0 atom stereocenters. The van der Waals surface area contributed by atoms with Crippen LogP contribution in [0.1, 0.15) is 40.4 Å². The summed E-state index contributed by atoms with van der Waals surface area (Å²) in [6.07, 6.45) is -3.52. The van der Waals surface area contributed by atoms with Crippen LogP contribution in [-0.4, -0.2) is 32.6 Å². The third-order valence-electron chi connectivity index (χ3n) is 5.11. The number of rotatable bonds is 5. The molecule has 0 aliphatic carbocycles. The van der Waals surface area contributed by atoms with E-state index in [9.17, 15) is 22.8 Å². The number of nitrogens with one attached hydrogen (secondary N) is 2. The monoisotopic (exact) mass is 657 g/mol. The van der Waals surface area contributed by atoms with Crippen molar-refractivity contribution in [3.05, 3.63) is 79.6 Å². The van der Waals surface area contributed by atoms with Gasteiger partial charge in [0.1, 0.15) is 5.69 Å². The summed E-state index contributed by atoms with van der Waals surface area (Å²) < 4.78 is 42.4. The molecule has 2 aromatic carbocycles. The van der Waals surface area contributed by atoms with Crippen LogP contribution in [0.25, 0.3) is 16.6 Å². The summed E-state index contributed by atoms with van der Waals surface area (Å²) in [4.78, 5) is 30.5. The topological polar surface area (TPSA) is 88.9 Å². The van der Waals surface area contributed by atoms with Crippen molar-refractivity contribution in [2.45, 2.75) is 26.1 Å². The Morgan fingerprint density at radius 1 is 1.08 bits per heavy atom. The van der Waals surface area contributed by atoms with E-state index in [1.165, 1.54) is 18.3 Å². The molecule has 192 valence electrons. The van der Waals surface area contributed by atoms with Gasteiger partial charge in [-0.25, -0.2) is 9.67 Å². The molecule has 0 unspecified atom stereocenters. The van der Waals surface area contributed by atoms with Crippen molar-refractivity contribution in [2.75, 3.05) is 5.32 Å². The van der Waals surface area contributed by atoms with Gasteiger partial charge in [-0.05, 0) is 70.9 Å². The SMILES string of the molecule is CC(C)NC(=O)c1cc2cc(Br)ccc2c(Br)c1NC(=O)c1cc(C(F)(F)F)nn1-c1ncccc1Cl. The van der Waals surface area contributed by atoms with Crippen molar-refractivity contribution >= 4 is 71.7 Å². The first-order valence-electron chi connectivity index (χ1n) is 10.7. The minimum absolute atomic E-state index is 0.0113. The number of anilines is 1. The predicted octanol–water partition coefficient (Wildman–Crippen LogP) is 7.01. The number of halogens is 6. The Balaban J connectivity index is 1.87. The fourth-order valence-corrected chi connectivity index (χ4v) is 4.78. The predicted molar refractivity (Wildman–Crippen MR) is 141 cm³/mol. The van der Waals surface area contributed by atoms with Crippen LogP contribution in [0.3, 0.4) is 0 Å². The summed E-state index contributed by atoms with van der Waals surface area (Å²) in [6, 6.07) is 10.2. The molecule has 2 N–H and O–H groups in total. The highest BCUT2D eigenvalue weighted by Gasteiger charge is 2.37. The molecule has 0 radical (unpaired) electrons. The van der Waals surface area contributed by atoms with Gasteiger partial charge in [-0.15, -0.1) is 0 Å². The number of alkyl halides is 3. The maximum absolute atomic E-state index is 13.5. The Morgan fingerprint density at radius 3 is 2.46 bits per heavy atom. The van der Waals surface area contributed by atoms with E-state index in [1.807, 2.05) is 0 Å². The van der Waals surface area contributed by atoms with Crippen LogP contribution in [0.15, 0.2) is 57.6 Å². The van der Waals surface area contributed by atoms with Gasteiger partial charge in [0.15, 0.2) is 11.5 Å². The van der Waals surface area contributed by atoms with E-state index in [0.29, 0.717) is 21.3 Å². The van der Waals surface area contributed by atoms with Crippen LogP contribution in [0, 0.1) is 0 Å². The lowest BCUT2D eigenvalue weighted by molar-refractivity contribution is -0.141. The van der Waals surface area contributed by atoms with E-state index in [2.05, 4.69) is 52.6 Å². The number of amides is 2. The molecule has 0 spiro atoms. The molecular weight excluding hydrogens is 643 g/mol. The van der Waals surface area contributed by atoms with Crippen LogP contribution in [-0.2, 0) is 6.18 Å². The molecular formula is C24H17Br2ClF3N5O2. The van der Waals surface area contributed by atoms with Crippen molar-refractivity contribution in [2.24, 2.45) is 0 Å². The number of carbonyl (C=O) groups excluding carboxylic acids is 2. The summed E-state index contributed by atoms with van der Waals surface area (Å²) in [5.41, 5.74) is -1.60. The largest absolute Gasteiger partial charge is 0.435 e. The van der Waals surface area contributed by atoms with Crippen LogP contribution in [0.2, 0.25) is 5.02 Å². The number of aromatic nitrogens is 3. The van der Waals surface area contributed by atoms with Crippen LogP contribution in [0.5, 0.6) is 0 Å². The minimum atomic E-state index is -4.83. The molecule has 37 heavy (non-hydrogen) atoms. The van der Waals surface area contributed by atoms with Crippen molar-refractivity contribution in [3.63, 3.8) is 0 Å². The van der Waals surface area contributed by atoms with Crippen molar-refractivity contribution < 1.29 is 22.8 Å². The van der Waals surface area contributed by atoms with Gasteiger partial charge in [-0.3, -0.25) is 9.59 Å². The zero-order chi connectivity index (χ0) is 27.1. The number of hydrogen-bond donors (Lipinski definition) is 2. The zero-order valence-electron chi connectivity index (χ0n) is 19.1. The number of fused-ring (bicyclic) bond motifs is 1. The number of hydrogen-bond acceptors (Lipinski definition) is 4. The summed E-state index contributed by atoms with van der Waals surface area (Å²) in [5, 5.41) is 10.3. The highest BCUT2D eigenvalue weighted by molar-refractivity contribution is 9.11. The Morgan fingerprint density at radius 2 is 1.81 bits per heavy atom. The molecule has 0 saturated heterocycles. The fraction of sp³-hybridized carbons (Fsp3) is 0.167. The van der Waals surface area contributed by atoms with Crippen molar-refractivity contribution in [1.29, 1.82) is 0 Å². The molecule has 13 heteroatoms. The van der Waals surface area contributed by atoms with Gasteiger partial charge in [0.2, 0.25) is 0 Å². The average molecular weight is 660 g/mol. The number of benzene rings is 2. The van der Waals surface area contributed by atoms with Gasteiger partial charge in [-0.1, -0.05) is 33.6 Å². The number of carbonyl (C=O) groups is 2. The third-order valence-corrected chi connectivity index (χ3v) is 6.73. The van der Waals surface area contributed by atoms with Gasteiger partial charge in [0, 0.05) is 27.3 Å². The first-order chi connectivity index (χ1) is 17.4. The maximum atomic E-state index is 13.5. The second-order valence-corrected chi connectivity index (χ2v) is 10.3. The maximum Gasteiger partial charge on any atom is 0.435 e. The lowest BCUT2D eigenvalue weighted by Gasteiger charge is -2.17. The van der Waals surface area contributed by atoms with E-state index >= 15 is 0 Å². The number of pyridine rings is 1. The van der Waals surface area contributed by atoms with E-state index in [0.717, 1.165) is 9.15 Å². The Hall–Kier alpha value is -2.96.